The van der Waals surface area contributed by atoms with Crippen LogP contribution in [0.25, 0.3) is 0 Å². The fourth-order valence-corrected chi connectivity index (χ4v) is 9.00. The van der Waals surface area contributed by atoms with Crippen molar-refractivity contribution in [1.82, 2.24) is 0 Å². The van der Waals surface area contributed by atoms with Gasteiger partial charge in [-0.15, -0.1) is 0 Å². The Morgan fingerprint density at radius 3 is 0.662 bits per heavy atom. The van der Waals surface area contributed by atoms with Gasteiger partial charge in [-0.05, 0) is 37.0 Å². The van der Waals surface area contributed by atoms with Crippen LogP contribution in [-0.4, -0.2) is 37.2 Å². The Hall–Kier alpha value is -1.59. The van der Waals surface area contributed by atoms with E-state index in [1.165, 1.54) is 205 Å². The maximum atomic E-state index is 12.9. The SMILES string of the molecule is CC(C)CCCCCCCCCCCCCCCCCCC(=O)O[C@@H](COC(=O)CCCCCCCCCCCCCCCC(C)C)COC(=O)CCCCCCCCCCCC(C)C. The molecule has 6 heteroatoms. The highest BCUT2D eigenvalue weighted by Crippen LogP contribution is 2.18. The van der Waals surface area contributed by atoms with E-state index < -0.39 is 6.10 Å². The van der Waals surface area contributed by atoms with Crippen molar-refractivity contribution in [2.45, 2.75) is 330 Å². The predicted octanol–water partition coefficient (Wildman–Crippen LogP) is 19.1. The van der Waals surface area contributed by atoms with E-state index in [-0.39, 0.29) is 31.1 Å². The Morgan fingerprint density at radius 1 is 0.262 bits per heavy atom. The first-order chi connectivity index (χ1) is 31.6. The van der Waals surface area contributed by atoms with Gasteiger partial charge in [0.25, 0.3) is 0 Å². The molecule has 0 amide bonds. The minimum absolute atomic E-state index is 0.0637. The molecule has 0 fully saturated rings. The van der Waals surface area contributed by atoms with E-state index >= 15 is 0 Å². The topological polar surface area (TPSA) is 78.9 Å². The number of hydrogen-bond acceptors (Lipinski definition) is 6. The molecule has 386 valence electrons. The molecule has 0 spiro atoms. The molecule has 6 nitrogen and oxygen atoms in total. The summed E-state index contributed by atoms with van der Waals surface area (Å²) < 4.78 is 16.9. The molecule has 0 aromatic heterocycles. The van der Waals surface area contributed by atoms with Crippen LogP contribution in [0, 0.1) is 17.8 Å². The van der Waals surface area contributed by atoms with E-state index in [2.05, 4.69) is 41.5 Å². The lowest BCUT2D eigenvalue weighted by molar-refractivity contribution is -0.167. The van der Waals surface area contributed by atoms with Gasteiger partial charge in [0.1, 0.15) is 13.2 Å². The van der Waals surface area contributed by atoms with E-state index in [0.717, 1.165) is 75.5 Å². The Kier molecular flexibility index (Phi) is 49.1. The van der Waals surface area contributed by atoms with Gasteiger partial charge in [0.2, 0.25) is 0 Å². The quantitative estimate of drug-likeness (QED) is 0.0344. The van der Waals surface area contributed by atoms with Crippen molar-refractivity contribution >= 4 is 17.9 Å². The van der Waals surface area contributed by atoms with Crippen LogP contribution in [0.3, 0.4) is 0 Å². The number of rotatable bonds is 52. The van der Waals surface area contributed by atoms with Crippen molar-refractivity contribution in [3.63, 3.8) is 0 Å². The molecule has 0 saturated heterocycles. The third kappa shape index (κ3) is 53.2. The summed E-state index contributed by atoms with van der Waals surface area (Å²) in [6.45, 7) is 13.8. The molecule has 0 aliphatic rings. The molecule has 0 heterocycles. The van der Waals surface area contributed by atoms with Crippen LogP contribution < -0.4 is 0 Å². The highest BCUT2D eigenvalue weighted by Gasteiger charge is 2.19. The van der Waals surface area contributed by atoms with Crippen LogP contribution in [0.4, 0.5) is 0 Å². The van der Waals surface area contributed by atoms with Gasteiger partial charge < -0.3 is 14.2 Å². The predicted molar refractivity (Wildman–Crippen MR) is 279 cm³/mol. The lowest BCUT2D eigenvalue weighted by Crippen LogP contribution is -2.30. The van der Waals surface area contributed by atoms with Crippen LogP contribution >= 0.6 is 0 Å². The van der Waals surface area contributed by atoms with Crippen LogP contribution in [0.5, 0.6) is 0 Å². The normalized spacial score (nSPS) is 12.1. The van der Waals surface area contributed by atoms with E-state index in [0.29, 0.717) is 19.3 Å². The standard InChI is InChI=1S/C59H114O6/c1-53(2)45-39-33-27-21-16-12-9-7-8-10-14-19-25-32-38-44-50-59(62)65-56(52-64-58(61)49-43-37-31-26-20-23-29-35-41-47-55(5)6)51-63-57(60)48-42-36-30-24-18-15-11-13-17-22-28-34-40-46-54(3)4/h53-56H,7-52H2,1-6H3/t56-/m0/s1. The highest BCUT2D eigenvalue weighted by atomic mass is 16.6. The van der Waals surface area contributed by atoms with Gasteiger partial charge in [-0.1, -0.05) is 286 Å². The number of carbonyl (C=O) groups is 3. The molecular formula is C59H114O6. The van der Waals surface area contributed by atoms with Crippen LogP contribution in [0.15, 0.2) is 0 Å². The first-order valence-corrected chi connectivity index (χ1v) is 29.1. The molecule has 0 radical (unpaired) electrons. The minimum Gasteiger partial charge on any atom is -0.462 e. The van der Waals surface area contributed by atoms with Crippen molar-refractivity contribution in [3.8, 4) is 0 Å². The van der Waals surface area contributed by atoms with Crippen molar-refractivity contribution in [2.75, 3.05) is 13.2 Å². The number of carbonyl (C=O) groups excluding carboxylic acids is 3. The van der Waals surface area contributed by atoms with Crippen LogP contribution in [0.2, 0.25) is 0 Å². The van der Waals surface area contributed by atoms with Gasteiger partial charge in [-0.25, -0.2) is 0 Å². The Morgan fingerprint density at radius 2 is 0.446 bits per heavy atom. The van der Waals surface area contributed by atoms with Crippen molar-refractivity contribution in [1.29, 1.82) is 0 Å². The summed E-state index contributed by atoms with van der Waals surface area (Å²) >= 11 is 0. The smallest absolute Gasteiger partial charge is 0.306 e. The zero-order valence-corrected chi connectivity index (χ0v) is 44.8. The average Bonchev–Trinajstić information content (AvgIpc) is 3.26. The summed E-state index contributed by atoms with van der Waals surface area (Å²) in [5.74, 6) is 1.66. The molecule has 0 bridgehead atoms. The molecule has 0 aromatic rings. The second kappa shape index (κ2) is 50.3. The zero-order chi connectivity index (χ0) is 47.7. The van der Waals surface area contributed by atoms with Crippen LogP contribution in [0.1, 0.15) is 324 Å². The van der Waals surface area contributed by atoms with Gasteiger partial charge >= 0.3 is 17.9 Å². The molecule has 65 heavy (non-hydrogen) atoms. The summed E-state index contributed by atoms with van der Waals surface area (Å²) in [7, 11) is 0. The monoisotopic (exact) mass is 919 g/mol. The Balaban J connectivity index is 4.28. The first kappa shape index (κ1) is 63.4. The van der Waals surface area contributed by atoms with E-state index in [9.17, 15) is 14.4 Å². The Labute approximate surface area is 406 Å². The average molecular weight is 920 g/mol. The maximum absolute atomic E-state index is 12.9. The van der Waals surface area contributed by atoms with Gasteiger partial charge in [0.05, 0.1) is 0 Å². The number of esters is 3. The molecule has 0 aliphatic carbocycles. The largest absolute Gasteiger partial charge is 0.462 e. The Bertz CT molecular complexity index is 1010. The van der Waals surface area contributed by atoms with E-state index in [4.69, 9.17) is 14.2 Å². The van der Waals surface area contributed by atoms with Crippen molar-refractivity contribution < 1.29 is 28.6 Å². The van der Waals surface area contributed by atoms with Crippen molar-refractivity contribution in [3.05, 3.63) is 0 Å². The second-order valence-electron chi connectivity index (χ2n) is 21.7. The molecule has 0 aromatic carbocycles. The third-order valence-corrected chi connectivity index (χ3v) is 13.4. The fourth-order valence-electron chi connectivity index (χ4n) is 9.00. The minimum atomic E-state index is -0.764. The summed E-state index contributed by atoms with van der Waals surface area (Å²) in [6, 6.07) is 0. The van der Waals surface area contributed by atoms with Gasteiger partial charge in [-0.3, -0.25) is 14.4 Å². The lowest BCUT2D eigenvalue weighted by atomic mass is 10.0. The van der Waals surface area contributed by atoms with Gasteiger partial charge in [0, 0.05) is 19.3 Å². The number of hydrogen-bond donors (Lipinski definition) is 0. The highest BCUT2D eigenvalue weighted by molar-refractivity contribution is 5.71. The molecule has 1 atom stereocenters. The number of unbranched alkanes of at least 4 members (excludes halogenated alkanes) is 35. The molecule has 0 saturated carbocycles. The van der Waals surface area contributed by atoms with Crippen LogP contribution in [-0.2, 0) is 28.6 Å². The van der Waals surface area contributed by atoms with E-state index in [1.807, 2.05) is 0 Å². The third-order valence-electron chi connectivity index (χ3n) is 13.4. The fraction of sp³-hybridized carbons (Fsp3) is 0.949. The maximum Gasteiger partial charge on any atom is 0.306 e. The molecule has 0 aliphatic heterocycles. The molecule has 0 unspecified atom stereocenters. The van der Waals surface area contributed by atoms with E-state index in [1.54, 1.807) is 0 Å². The molecular weight excluding hydrogens is 805 g/mol. The summed E-state index contributed by atoms with van der Waals surface area (Å²) in [6.07, 6.45) is 52.4. The molecule has 0 N–H and O–H groups in total. The first-order valence-electron chi connectivity index (χ1n) is 29.1. The second-order valence-corrected chi connectivity index (χ2v) is 21.7. The van der Waals surface area contributed by atoms with Gasteiger partial charge in [-0.2, -0.15) is 0 Å². The van der Waals surface area contributed by atoms with Gasteiger partial charge in [0.15, 0.2) is 6.10 Å². The summed E-state index contributed by atoms with van der Waals surface area (Å²) in [5, 5.41) is 0. The summed E-state index contributed by atoms with van der Waals surface area (Å²) in [5.41, 5.74) is 0. The lowest BCUT2D eigenvalue weighted by Gasteiger charge is -2.18. The zero-order valence-electron chi connectivity index (χ0n) is 44.8. The molecule has 0 rings (SSSR count). The van der Waals surface area contributed by atoms with Crippen molar-refractivity contribution in [2.24, 2.45) is 17.8 Å². The number of ether oxygens (including phenoxy) is 3. The summed E-state index contributed by atoms with van der Waals surface area (Å²) in [4.78, 5) is 38.1.